The van der Waals surface area contributed by atoms with Crippen molar-refractivity contribution in [2.45, 2.75) is 32.1 Å². The van der Waals surface area contributed by atoms with E-state index in [4.69, 9.17) is 5.73 Å². The van der Waals surface area contributed by atoms with Gasteiger partial charge in [0.2, 0.25) is 5.91 Å². The highest BCUT2D eigenvalue weighted by molar-refractivity contribution is 5.79. The molecular weight excluding hydrogens is 226 g/mol. The van der Waals surface area contributed by atoms with E-state index in [9.17, 15) is 4.79 Å². The second kappa shape index (κ2) is 5.57. The lowest BCUT2D eigenvalue weighted by atomic mass is 9.68. The van der Waals surface area contributed by atoms with E-state index in [0.29, 0.717) is 5.91 Å². The van der Waals surface area contributed by atoms with E-state index in [0.717, 1.165) is 39.0 Å². The van der Waals surface area contributed by atoms with Crippen LogP contribution in [-0.4, -0.2) is 56.0 Å². The minimum absolute atomic E-state index is 0.198. The van der Waals surface area contributed by atoms with Crippen molar-refractivity contribution in [2.75, 3.05) is 40.3 Å². The highest BCUT2D eigenvalue weighted by Crippen LogP contribution is 2.40. The van der Waals surface area contributed by atoms with E-state index >= 15 is 0 Å². The Bertz CT molecular complexity index is 296. The van der Waals surface area contributed by atoms with Gasteiger partial charge in [-0.15, -0.1) is 0 Å². The fourth-order valence-corrected chi connectivity index (χ4v) is 3.36. The molecule has 104 valence electrons. The van der Waals surface area contributed by atoms with E-state index in [2.05, 4.69) is 11.9 Å². The molecule has 1 saturated heterocycles. The Balaban J connectivity index is 1.87. The third-order valence-corrected chi connectivity index (χ3v) is 4.77. The fourth-order valence-electron chi connectivity index (χ4n) is 3.36. The number of piperidine rings is 1. The van der Waals surface area contributed by atoms with Gasteiger partial charge in [-0.1, -0.05) is 6.42 Å². The van der Waals surface area contributed by atoms with Crippen molar-refractivity contribution in [2.24, 2.45) is 17.1 Å². The van der Waals surface area contributed by atoms with Crippen molar-refractivity contribution in [1.82, 2.24) is 9.80 Å². The molecule has 0 aromatic rings. The Morgan fingerprint density at radius 3 is 2.67 bits per heavy atom. The number of hydrogen-bond donors (Lipinski definition) is 1. The maximum absolute atomic E-state index is 12.4. The lowest BCUT2D eigenvalue weighted by Crippen LogP contribution is -2.50. The van der Waals surface area contributed by atoms with Crippen LogP contribution in [0.1, 0.15) is 32.1 Å². The Kier molecular flexibility index (Phi) is 4.28. The summed E-state index contributed by atoms with van der Waals surface area (Å²) in [5.74, 6) is 0.518. The lowest BCUT2D eigenvalue weighted by Gasteiger charge is -2.44. The zero-order valence-corrected chi connectivity index (χ0v) is 11.8. The van der Waals surface area contributed by atoms with Gasteiger partial charge in [-0.05, 0) is 45.8 Å². The number of hydrogen-bond acceptors (Lipinski definition) is 3. The predicted octanol–water partition coefficient (Wildman–Crippen LogP) is 0.916. The Morgan fingerprint density at radius 1 is 1.44 bits per heavy atom. The lowest BCUT2D eigenvalue weighted by molar-refractivity contribution is -0.138. The van der Waals surface area contributed by atoms with Crippen LogP contribution in [0.4, 0.5) is 0 Å². The van der Waals surface area contributed by atoms with Gasteiger partial charge in [0.1, 0.15) is 0 Å². The van der Waals surface area contributed by atoms with Crippen LogP contribution >= 0.6 is 0 Å². The van der Waals surface area contributed by atoms with Crippen molar-refractivity contribution >= 4 is 5.91 Å². The number of amides is 1. The molecule has 1 aliphatic carbocycles. The molecule has 0 bridgehead atoms. The Labute approximate surface area is 110 Å². The Hall–Kier alpha value is -0.610. The molecule has 2 N–H and O–H groups in total. The number of carbonyl (C=O) groups excluding carboxylic acids is 1. The van der Waals surface area contributed by atoms with E-state index in [1.54, 1.807) is 0 Å². The largest absolute Gasteiger partial charge is 0.345 e. The molecular formula is C14H27N3O. The first-order valence-corrected chi connectivity index (χ1v) is 7.20. The van der Waals surface area contributed by atoms with Crippen LogP contribution in [0.2, 0.25) is 0 Å². The summed E-state index contributed by atoms with van der Waals surface area (Å²) in [4.78, 5) is 16.6. The van der Waals surface area contributed by atoms with Gasteiger partial charge in [0.05, 0.1) is 5.92 Å². The highest BCUT2D eigenvalue weighted by Gasteiger charge is 2.38. The van der Waals surface area contributed by atoms with Gasteiger partial charge in [-0.25, -0.2) is 0 Å². The second-order valence-corrected chi connectivity index (χ2v) is 6.35. The van der Waals surface area contributed by atoms with Crippen LogP contribution in [-0.2, 0) is 4.79 Å². The maximum atomic E-state index is 12.4. The van der Waals surface area contributed by atoms with E-state index in [-0.39, 0.29) is 11.3 Å². The zero-order valence-electron chi connectivity index (χ0n) is 11.8. The number of nitrogens with zero attached hydrogens (tertiary/aromatic N) is 2. The minimum Gasteiger partial charge on any atom is -0.345 e. The number of carbonyl (C=O) groups is 1. The first-order valence-electron chi connectivity index (χ1n) is 7.20. The molecule has 18 heavy (non-hydrogen) atoms. The van der Waals surface area contributed by atoms with Crippen LogP contribution in [0.25, 0.3) is 0 Å². The molecule has 4 heteroatoms. The van der Waals surface area contributed by atoms with Crippen molar-refractivity contribution in [3.05, 3.63) is 0 Å². The van der Waals surface area contributed by atoms with E-state index in [1.807, 2.05) is 11.9 Å². The van der Waals surface area contributed by atoms with Crippen LogP contribution in [0.5, 0.6) is 0 Å². The molecule has 0 aromatic carbocycles. The molecule has 1 saturated carbocycles. The summed E-state index contributed by atoms with van der Waals surface area (Å²) in [6, 6.07) is 0. The first kappa shape index (κ1) is 13.8. The molecule has 1 amide bonds. The molecule has 1 heterocycles. The number of rotatable bonds is 4. The topological polar surface area (TPSA) is 49.6 Å². The average molecular weight is 253 g/mol. The quantitative estimate of drug-likeness (QED) is 0.810. The van der Waals surface area contributed by atoms with Gasteiger partial charge in [0.15, 0.2) is 0 Å². The third-order valence-electron chi connectivity index (χ3n) is 4.77. The smallest absolute Gasteiger partial charge is 0.226 e. The van der Waals surface area contributed by atoms with Gasteiger partial charge in [-0.3, -0.25) is 4.79 Å². The summed E-state index contributed by atoms with van der Waals surface area (Å²) in [6.07, 6.45) is 5.83. The zero-order chi connectivity index (χ0) is 13.2. The van der Waals surface area contributed by atoms with Gasteiger partial charge in [-0.2, -0.15) is 0 Å². The number of likely N-dealkylation sites (tertiary alicyclic amines) is 1. The molecule has 4 nitrogen and oxygen atoms in total. The van der Waals surface area contributed by atoms with Crippen molar-refractivity contribution < 1.29 is 4.79 Å². The molecule has 2 aliphatic rings. The molecule has 1 atom stereocenters. The van der Waals surface area contributed by atoms with Crippen LogP contribution < -0.4 is 5.73 Å². The van der Waals surface area contributed by atoms with Crippen LogP contribution in [0.3, 0.4) is 0 Å². The highest BCUT2D eigenvalue weighted by atomic mass is 16.2. The summed E-state index contributed by atoms with van der Waals surface area (Å²) in [6.45, 7) is 3.61. The predicted molar refractivity (Wildman–Crippen MR) is 73.2 cm³/mol. The number of nitrogens with two attached hydrogens (primary N) is 1. The summed E-state index contributed by atoms with van der Waals surface area (Å²) < 4.78 is 0. The summed E-state index contributed by atoms with van der Waals surface area (Å²) >= 11 is 0. The van der Waals surface area contributed by atoms with Gasteiger partial charge in [0.25, 0.3) is 0 Å². The summed E-state index contributed by atoms with van der Waals surface area (Å²) in [7, 11) is 4.05. The van der Waals surface area contributed by atoms with Gasteiger partial charge >= 0.3 is 0 Å². The third kappa shape index (κ3) is 2.86. The molecule has 2 rings (SSSR count). The summed E-state index contributed by atoms with van der Waals surface area (Å²) in [5.41, 5.74) is 6.10. The maximum Gasteiger partial charge on any atom is 0.226 e. The minimum atomic E-state index is 0.198. The average Bonchev–Trinajstić information content (AvgIpc) is 2.32. The van der Waals surface area contributed by atoms with Crippen LogP contribution in [0.15, 0.2) is 0 Å². The second-order valence-electron chi connectivity index (χ2n) is 6.35. The molecule has 1 aliphatic heterocycles. The molecule has 0 spiro atoms. The van der Waals surface area contributed by atoms with Gasteiger partial charge in [0, 0.05) is 25.6 Å². The summed E-state index contributed by atoms with van der Waals surface area (Å²) in [5, 5.41) is 0. The first-order chi connectivity index (χ1) is 8.56. The standard InChI is InChI=1S/C14H27N3O/c1-16-8-3-5-12(9-16)13(18)17(2)11-14(10-15)6-4-7-14/h12H,3-11,15H2,1-2H3. The monoisotopic (exact) mass is 253 g/mol. The molecule has 1 unspecified atom stereocenters. The van der Waals surface area contributed by atoms with Crippen molar-refractivity contribution in [3.63, 3.8) is 0 Å². The fraction of sp³-hybridized carbons (Fsp3) is 0.929. The molecule has 0 radical (unpaired) electrons. The molecule has 0 aromatic heterocycles. The van der Waals surface area contributed by atoms with Crippen molar-refractivity contribution in [3.8, 4) is 0 Å². The SMILES string of the molecule is CN1CCCC(C(=O)N(C)CC2(CN)CCC2)C1. The van der Waals surface area contributed by atoms with E-state index in [1.165, 1.54) is 19.3 Å². The van der Waals surface area contributed by atoms with Gasteiger partial charge < -0.3 is 15.5 Å². The van der Waals surface area contributed by atoms with E-state index < -0.39 is 0 Å². The molecule has 2 fully saturated rings. The Morgan fingerprint density at radius 2 is 2.17 bits per heavy atom. The van der Waals surface area contributed by atoms with Crippen LogP contribution in [0, 0.1) is 11.3 Å². The normalized spacial score (nSPS) is 27.6. The van der Waals surface area contributed by atoms with Crippen molar-refractivity contribution in [1.29, 1.82) is 0 Å².